The van der Waals surface area contributed by atoms with Crippen molar-refractivity contribution in [2.24, 2.45) is 0 Å². The molecule has 29 heavy (non-hydrogen) atoms. The molecule has 2 heterocycles. The number of fused-ring (bicyclic) bond motifs is 1. The summed E-state index contributed by atoms with van der Waals surface area (Å²) >= 11 is 1.39. The Morgan fingerprint density at radius 3 is 2.55 bits per heavy atom. The van der Waals surface area contributed by atoms with Gasteiger partial charge in [-0.2, -0.15) is 0 Å². The summed E-state index contributed by atoms with van der Waals surface area (Å²) < 4.78 is 5.25. The van der Waals surface area contributed by atoms with E-state index in [1.807, 2.05) is 54.8 Å². The molecule has 0 saturated heterocycles. The Hall–Kier alpha value is -3.19. The summed E-state index contributed by atoms with van der Waals surface area (Å²) in [6.45, 7) is 1.88. The summed E-state index contributed by atoms with van der Waals surface area (Å²) in [5.74, 6) is -0.132. The highest BCUT2D eigenvalue weighted by Crippen LogP contribution is 2.42. The molecule has 0 saturated carbocycles. The second-order valence-corrected chi connectivity index (χ2v) is 7.84. The summed E-state index contributed by atoms with van der Waals surface area (Å²) in [7, 11) is 3.34. The number of carbonyl (C=O) groups excluding carboxylic acids is 2. The van der Waals surface area contributed by atoms with Gasteiger partial charge in [0.15, 0.2) is 5.13 Å². The molecular formula is C22H21N3O3S. The van der Waals surface area contributed by atoms with Crippen molar-refractivity contribution >= 4 is 28.3 Å². The van der Waals surface area contributed by atoms with Crippen molar-refractivity contribution in [3.05, 3.63) is 76.3 Å². The van der Waals surface area contributed by atoms with Gasteiger partial charge in [-0.1, -0.05) is 30.3 Å². The fourth-order valence-electron chi connectivity index (χ4n) is 3.77. The fourth-order valence-corrected chi connectivity index (χ4v) is 4.46. The van der Waals surface area contributed by atoms with E-state index in [0.717, 1.165) is 22.6 Å². The van der Waals surface area contributed by atoms with Gasteiger partial charge in [0.2, 0.25) is 5.91 Å². The zero-order valence-corrected chi connectivity index (χ0v) is 17.2. The van der Waals surface area contributed by atoms with Gasteiger partial charge in [0.05, 0.1) is 24.8 Å². The van der Waals surface area contributed by atoms with Crippen molar-refractivity contribution in [1.82, 2.24) is 9.88 Å². The van der Waals surface area contributed by atoms with Gasteiger partial charge in [0.1, 0.15) is 5.75 Å². The molecule has 2 aromatic carbocycles. The Morgan fingerprint density at radius 2 is 1.90 bits per heavy atom. The first kappa shape index (κ1) is 19.1. The van der Waals surface area contributed by atoms with Gasteiger partial charge in [-0.15, -0.1) is 11.3 Å². The molecule has 2 amide bonds. The summed E-state index contributed by atoms with van der Waals surface area (Å²) in [6.07, 6.45) is 0. The third-order valence-electron chi connectivity index (χ3n) is 5.17. The van der Waals surface area contributed by atoms with Gasteiger partial charge in [0.25, 0.3) is 5.91 Å². The first-order valence-electron chi connectivity index (χ1n) is 9.22. The van der Waals surface area contributed by atoms with E-state index in [1.54, 1.807) is 25.1 Å². The lowest BCUT2D eigenvalue weighted by Crippen LogP contribution is -2.44. The highest BCUT2D eigenvalue weighted by Gasteiger charge is 2.42. The molecular weight excluding hydrogens is 386 g/mol. The Kier molecular flexibility index (Phi) is 5.07. The number of aryl methyl sites for hydroxylation is 1. The van der Waals surface area contributed by atoms with Crippen LogP contribution < -0.4 is 10.1 Å². The summed E-state index contributed by atoms with van der Waals surface area (Å²) in [6, 6.07) is 14.3. The SMILES string of the molecule is COc1ccc([C@@H]2[C@H](C(=O)Nc3nc(C)cs3)c3ccccc3C(=O)N2C)cc1. The third kappa shape index (κ3) is 3.49. The third-order valence-corrected chi connectivity index (χ3v) is 6.04. The van der Waals surface area contributed by atoms with Crippen molar-refractivity contribution in [2.45, 2.75) is 18.9 Å². The van der Waals surface area contributed by atoms with Crippen LogP contribution in [0.15, 0.2) is 53.9 Å². The molecule has 0 unspecified atom stereocenters. The molecule has 0 radical (unpaired) electrons. The second kappa shape index (κ2) is 7.67. The minimum atomic E-state index is -0.563. The number of ether oxygens (including phenoxy) is 1. The summed E-state index contributed by atoms with van der Waals surface area (Å²) in [5, 5.41) is 5.38. The van der Waals surface area contributed by atoms with Gasteiger partial charge in [-0.05, 0) is 36.2 Å². The number of anilines is 1. The lowest BCUT2D eigenvalue weighted by molar-refractivity contribution is -0.119. The van der Waals surface area contributed by atoms with E-state index in [2.05, 4.69) is 10.3 Å². The number of carbonyl (C=O) groups is 2. The first-order valence-corrected chi connectivity index (χ1v) is 10.1. The zero-order valence-electron chi connectivity index (χ0n) is 16.4. The van der Waals surface area contributed by atoms with Crippen molar-refractivity contribution in [3.63, 3.8) is 0 Å². The second-order valence-electron chi connectivity index (χ2n) is 6.98. The standard InChI is InChI=1S/C22H21N3O3S/c1-13-12-29-22(23-13)24-20(26)18-16-6-4-5-7-17(16)21(27)25(2)19(18)14-8-10-15(28-3)11-9-14/h4-12,18-19H,1-3H3,(H,23,24,26)/t18-,19-/m1/s1. The van der Waals surface area contributed by atoms with Crippen LogP contribution in [0, 0.1) is 6.92 Å². The molecule has 1 N–H and O–H groups in total. The largest absolute Gasteiger partial charge is 0.497 e. The van der Waals surface area contributed by atoms with Gasteiger partial charge < -0.3 is 15.0 Å². The molecule has 1 aliphatic rings. The monoisotopic (exact) mass is 407 g/mol. The molecule has 4 rings (SSSR count). The topological polar surface area (TPSA) is 71.5 Å². The highest BCUT2D eigenvalue weighted by atomic mass is 32.1. The molecule has 0 bridgehead atoms. The maximum Gasteiger partial charge on any atom is 0.254 e. The maximum atomic E-state index is 13.4. The molecule has 7 heteroatoms. The van der Waals surface area contributed by atoms with Crippen LogP contribution in [0.1, 0.15) is 39.1 Å². The number of rotatable bonds is 4. The number of nitrogens with zero attached hydrogens (tertiary/aromatic N) is 2. The van der Waals surface area contributed by atoms with E-state index < -0.39 is 12.0 Å². The Labute approximate surface area is 173 Å². The van der Waals surface area contributed by atoms with Crippen LogP contribution in [0.25, 0.3) is 0 Å². The predicted octanol–water partition coefficient (Wildman–Crippen LogP) is 4.01. The van der Waals surface area contributed by atoms with Gasteiger partial charge in [-0.3, -0.25) is 9.59 Å². The van der Waals surface area contributed by atoms with E-state index >= 15 is 0 Å². The minimum absolute atomic E-state index is 0.101. The lowest BCUT2D eigenvalue weighted by Gasteiger charge is -2.39. The minimum Gasteiger partial charge on any atom is -0.497 e. The number of benzene rings is 2. The quantitative estimate of drug-likeness (QED) is 0.709. The number of amides is 2. The average Bonchev–Trinajstić information content (AvgIpc) is 3.15. The lowest BCUT2D eigenvalue weighted by atomic mass is 9.79. The molecule has 148 valence electrons. The van der Waals surface area contributed by atoms with Crippen LogP contribution in [-0.2, 0) is 4.79 Å². The van der Waals surface area contributed by atoms with Crippen LogP contribution in [0.2, 0.25) is 0 Å². The molecule has 6 nitrogen and oxygen atoms in total. The predicted molar refractivity (Wildman–Crippen MR) is 112 cm³/mol. The average molecular weight is 407 g/mol. The molecule has 0 aliphatic carbocycles. The number of thiazole rings is 1. The van der Waals surface area contributed by atoms with E-state index in [4.69, 9.17) is 4.74 Å². The zero-order chi connectivity index (χ0) is 20.5. The molecule has 3 aromatic rings. The highest BCUT2D eigenvalue weighted by molar-refractivity contribution is 7.13. The first-order chi connectivity index (χ1) is 14.0. The summed E-state index contributed by atoms with van der Waals surface area (Å²) in [4.78, 5) is 32.4. The van der Waals surface area contributed by atoms with Crippen molar-refractivity contribution < 1.29 is 14.3 Å². The molecule has 0 fully saturated rings. The molecule has 0 spiro atoms. The number of methoxy groups -OCH3 is 1. The Balaban J connectivity index is 1.79. The molecule has 2 atom stereocenters. The van der Waals surface area contributed by atoms with Crippen molar-refractivity contribution in [1.29, 1.82) is 0 Å². The Morgan fingerprint density at radius 1 is 1.17 bits per heavy atom. The van der Waals surface area contributed by atoms with E-state index in [9.17, 15) is 9.59 Å². The number of nitrogens with one attached hydrogen (secondary N) is 1. The van der Waals surface area contributed by atoms with Crippen molar-refractivity contribution in [2.75, 3.05) is 19.5 Å². The van der Waals surface area contributed by atoms with E-state index in [1.165, 1.54) is 11.3 Å². The number of hydrogen-bond donors (Lipinski definition) is 1. The van der Waals surface area contributed by atoms with Crippen LogP contribution in [0.3, 0.4) is 0 Å². The van der Waals surface area contributed by atoms with E-state index in [0.29, 0.717) is 10.7 Å². The van der Waals surface area contributed by atoms with Crippen LogP contribution in [0.4, 0.5) is 5.13 Å². The van der Waals surface area contributed by atoms with Gasteiger partial charge >= 0.3 is 0 Å². The fraction of sp³-hybridized carbons (Fsp3) is 0.227. The van der Waals surface area contributed by atoms with Crippen LogP contribution in [0.5, 0.6) is 5.75 Å². The Bertz CT molecular complexity index is 1060. The van der Waals surface area contributed by atoms with Crippen molar-refractivity contribution in [3.8, 4) is 5.75 Å². The van der Waals surface area contributed by atoms with Gasteiger partial charge in [-0.25, -0.2) is 4.98 Å². The normalized spacial score (nSPS) is 18.3. The van der Waals surface area contributed by atoms with Crippen LogP contribution in [-0.4, -0.2) is 35.9 Å². The maximum absolute atomic E-state index is 13.4. The summed E-state index contributed by atoms with van der Waals surface area (Å²) in [5.41, 5.74) is 3.00. The molecule has 1 aliphatic heterocycles. The number of aromatic nitrogens is 1. The number of hydrogen-bond acceptors (Lipinski definition) is 5. The number of likely N-dealkylation sites (N-methyl/N-ethyl adjacent to an activating group) is 1. The van der Waals surface area contributed by atoms with E-state index in [-0.39, 0.29) is 11.8 Å². The molecule has 1 aromatic heterocycles. The van der Waals surface area contributed by atoms with Crippen LogP contribution >= 0.6 is 11.3 Å². The van der Waals surface area contributed by atoms with Gasteiger partial charge in [0, 0.05) is 18.0 Å². The smallest absolute Gasteiger partial charge is 0.254 e.